The Labute approximate surface area is 167 Å². The highest BCUT2D eigenvalue weighted by molar-refractivity contribution is 5.91. The molecule has 5 heterocycles. The van der Waals surface area contributed by atoms with E-state index in [2.05, 4.69) is 48.9 Å². The average molecular weight is 384 g/mol. The highest BCUT2D eigenvalue weighted by atomic mass is 16.5. The fourth-order valence-corrected chi connectivity index (χ4v) is 4.33. The predicted molar refractivity (Wildman–Crippen MR) is 109 cm³/mol. The summed E-state index contributed by atoms with van der Waals surface area (Å²) in [6, 6.07) is 8.53. The largest absolute Gasteiger partial charge is 0.355 e. The lowest BCUT2D eigenvalue weighted by atomic mass is 10.0. The van der Waals surface area contributed by atoms with Crippen LogP contribution in [0.5, 0.6) is 0 Å². The molecule has 1 aliphatic rings. The number of rotatable bonds is 4. The molecule has 0 spiro atoms. The Balaban J connectivity index is 1.16. The number of imidazole rings is 1. The highest BCUT2D eigenvalue weighted by Crippen LogP contribution is 2.33. The van der Waals surface area contributed by atoms with Crippen molar-refractivity contribution in [1.29, 1.82) is 0 Å². The minimum Gasteiger partial charge on any atom is -0.355 e. The molecule has 1 saturated heterocycles. The zero-order valence-corrected chi connectivity index (χ0v) is 15.8. The first kappa shape index (κ1) is 16.6. The van der Waals surface area contributed by atoms with Gasteiger partial charge in [0.15, 0.2) is 0 Å². The third-order valence-corrected chi connectivity index (χ3v) is 5.82. The topological polar surface area (TPSA) is 70.1 Å². The Morgan fingerprint density at radius 1 is 1.03 bits per heavy atom. The van der Waals surface area contributed by atoms with E-state index in [9.17, 15) is 0 Å². The van der Waals surface area contributed by atoms with Gasteiger partial charge in [0.25, 0.3) is 0 Å². The highest BCUT2D eigenvalue weighted by Gasteiger charge is 2.27. The van der Waals surface area contributed by atoms with Gasteiger partial charge >= 0.3 is 0 Å². The number of nitrogens with zero attached hydrogens (tertiary/aromatic N) is 6. The van der Waals surface area contributed by atoms with E-state index in [1.165, 1.54) is 5.56 Å². The van der Waals surface area contributed by atoms with Gasteiger partial charge in [0.05, 0.1) is 11.6 Å². The molecule has 7 heteroatoms. The Bertz CT molecular complexity index is 1320. The molecule has 144 valence electrons. The van der Waals surface area contributed by atoms with Gasteiger partial charge in [-0.15, -0.1) is 0 Å². The van der Waals surface area contributed by atoms with Crippen LogP contribution in [0.3, 0.4) is 0 Å². The number of ether oxygens (including phenoxy) is 1. The maximum atomic E-state index is 6.34. The molecule has 29 heavy (non-hydrogen) atoms. The quantitative estimate of drug-likeness (QED) is 0.469. The summed E-state index contributed by atoms with van der Waals surface area (Å²) in [6.07, 6.45) is 15.4. The molecule has 0 amide bonds. The first-order valence-corrected chi connectivity index (χ1v) is 9.97. The second-order valence-corrected chi connectivity index (χ2v) is 7.61. The molecule has 2 unspecified atom stereocenters. The maximum Gasteiger partial charge on any atom is 0.147 e. The van der Waals surface area contributed by atoms with Crippen LogP contribution in [0.1, 0.15) is 31.1 Å². The first-order chi connectivity index (χ1) is 14.3. The van der Waals surface area contributed by atoms with Gasteiger partial charge in [-0.2, -0.15) is 0 Å². The molecule has 2 atom stereocenters. The van der Waals surface area contributed by atoms with Crippen molar-refractivity contribution >= 4 is 27.6 Å². The summed E-state index contributed by atoms with van der Waals surface area (Å²) in [5, 5.41) is 2.13. The van der Waals surface area contributed by atoms with Crippen LogP contribution in [-0.2, 0) is 11.2 Å². The van der Waals surface area contributed by atoms with Crippen molar-refractivity contribution < 1.29 is 4.74 Å². The molecule has 1 fully saturated rings. The Kier molecular flexibility index (Phi) is 3.80. The fourth-order valence-electron chi connectivity index (χ4n) is 4.33. The first-order valence-electron chi connectivity index (χ1n) is 9.97. The van der Waals surface area contributed by atoms with Gasteiger partial charge in [-0.3, -0.25) is 4.40 Å². The number of hydrogen-bond donors (Lipinski definition) is 0. The van der Waals surface area contributed by atoms with Crippen molar-refractivity contribution in [3.05, 3.63) is 67.3 Å². The summed E-state index contributed by atoms with van der Waals surface area (Å²) < 4.78 is 10.4. The molecule has 0 radical (unpaired) electrons. The van der Waals surface area contributed by atoms with E-state index in [4.69, 9.17) is 4.74 Å². The van der Waals surface area contributed by atoms with E-state index in [0.29, 0.717) is 0 Å². The van der Waals surface area contributed by atoms with Crippen molar-refractivity contribution in [2.75, 3.05) is 0 Å². The van der Waals surface area contributed by atoms with E-state index in [1.807, 2.05) is 29.2 Å². The van der Waals surface area contributed by atoms with E-state index >= 15 is 0 Å². The normalized spacial score (nSPS) is 19.6. The van der Waals surface area contributed by atoms with Crippen LogP contribution in [0.15, 0.2) is 61.7 Å². The van der Waals surface area contributed by atoms with Crippen molar-refractivity contribution in [2.45, 2.75) is 38.0 Å². The van der Waals surface area contributed by atoms with Gasteiger partial charge in [0.1, 0.15) is 30.2 Å². The molecule has 0 N–H and O–H groups in total. The van der Waals surface area contributed by atoms with E-state index in [0.717, 1.165) is 53.3 Å². The lowest BCUT2D eigenvalue weighted by Gasteiger charge is -2.16. The van der Waals surface area contributed by atoms with Crippen molar-refractivity contribution in [3.8, 4) is 0 Å². The minimum atomic E-state index is 0.0550. The second-order valence-electron chi connectivity index (χ2n) is 7.61. The number of aromatic nitrogens is 6. The van der Waals surface area contributed by atoms with Crippen LogP contribution in [-0.4, -0.2) is 35.0 Å². The molecule has 0 bridgehead atoms. The standard InChI is InChI=1S/C22H20N6O/c1(15-2-5-18-19(11-15)26-14-27-10-8-24-22(18)27)3-17-4-6-20(29-17)28-9-7-16-12-23-13-25-21(16)28/h2,5,7-14,17,20H,1,3-4,6H2. The molecule has 4 aromatic heterocycles. The summed E-state index contributed by atoms with van der Waals surface area (Å²) >= 11 is 0. The van der Waals surface area contributed by atoms with E-state index in [-0.39, 0.29) is 12.3 Å². The number of benzene rings is 1. The zero-order chi connectivity index (χ0) is 19.2. The number of aryl methyl sites for hydroxylation is 1. The van der Waals surface area contributed by atoms with Gasteiger partial charge in [0, 0.05) is 35.6 Å². The van der Waals surface area contributed by atoms with Gasteiger partial charge in [0.2, 0.25) is 0 Å². The monoisotopic (exact) mass is 384 g/mol. The maximum absolute atomic E-state index is 6.34. The molecule has 1 aromatic carbocycles. The molecule has 6 rings (SSSR count). The van der Waals surface area contributed by atoms with Crippen molar-refractivity contribution in [1.82, 2.24) is 28.9 Å². The molecule has 1 aliphatic heterocycles. The lowest BCUT2D eigenvalue weighted by molar-refractivity contribution is 0.00120. The van der Waals surface area contributed by atoms with E-state index < -0.39 is 0 Å². The van der Waals surface area contributed by atoms with Crippen LogP contribution in [0.4, 0.5) is 0 Å². The summed E-state index contributed by atoms with van der Waals surface area (Å²) in [5.74, 6) is 0. The van der Waals surface area contributed by atoms with Crippen LogP contribution >= 0.6 is 0 Å². The molecule has 7 nitrogen and oxygen atoms in total. The number of fused-ring (bicyclic) bond motifs is 4. The van der Waals surface area contributed by atoms with Crippen LogP contribution in [0.25, 0.3) is 27.6 Å². The van der Waals surface area contributed by atoms with Gasteiger partial charge in [-0.1, -0.05) is 6.07 Å². The van der Waals surface area contributed by atoms with Crippen molar-refractivity contribution in [3.63, 3.8) is 0 Å². The lowest BCUT2D eigenvalue weighted by Crippen LogP contribution is -2.12. The molecular formula is C22H20N6O. The summed E-state index contributed by atoms with van der Waals surface area (Å²) in [6.45, 7) is 0. The average Bonchev–Trinajstić information content (AvgIpc) is 3.50. The minimum absolute atomic E-state index is 0.0550. The Morgan fingerprint density at radius 3 is 3.03 bits per heavy atom. The summed E-state index contributed by atoms with van der Waals surface area (Å²) in [4.78, 5) is 17.5. The van der Waals surface area contributed by atoms with E-state index in [1.54, 1.807) is 12.5 Å². The van der Waals surface area contributed by atoms with Crippen LogP contribution in [0, 0.1) is 0 Å². The summed E-state index contributed by atoms with van der Waals surface area (Å²) in [7, 11) is 0. The third kappa shape index (κ3) is 2.86. The predicted octanol–water partition coefficient (Wildman–Crippen LogP) is 3.94. The third-order valence-electron chi connectivity index (χ3n) is 5.82. The van der Waals surface area contributed by atoms with Crippen molar-refractivity contribution in [2.24, 2.45) is 0 Å². The van der Waals surface area contributed by atoms with Crippen LogP contribution in [0.2, 0.25) is 0 Å². The number of hydrogen-bond acceptors (Lipinski definition) is 5. The summed E-state index contributed by atoms with van der Waals surface area (Å²) in [5.41, 5.74) is 4.17. The second kappa shape index (κ2) is 6.63. The molecular weight excluding hydrogens is 364 g/mol. The molecule has 0 aliphatic carbocycles. The fraction of sp³-hybridized carbons (Fsp3) is 0.273. The molecule has 5 aromatic rings. The van der Waals surface area contributed by atoms with Gasteiger partial charge in [-0.25, -0.2) is 19.9 Å². The Hall–Kier alpha value is -3.32. The molecule has 0 saturated carbocycles. The zero-order valence-electron chi connectivity index (χ0n) is 15.8. The van der Waals surface area contributed by atoms with Gasteiger partial charge in [-0.05, 0) is 49.4 Å². The Morgan fingerprint density at radius 2 is 2.03 bits per heavy atom. The smallest absolute Gasteiger partial charge is 0.147 e. The SMILES string of the molecule is c1ncc2ccn(C3CCC(CCc4ccc5c(c4)ncn4ccnc54)O3)c2n1. The van der Waals surface area contributed by atoms with Gasteiger partial charge < -0.3 is 9.30 Å². The van der Waals surface area contributed by atoms with Crippen LogP contribution < -0.4 is 0 Å².